The number of hydrogen-bond acceptors (Lipinski definition) is 6. The number of nitrogens with one attached hydrogen (secondary N) is 1. The molecular weight excluding hydrogens is 272 g/mol. The Hall–Kier alpha value is -1.66. The van der Waals surface area contributed by atoms with Gasteiger partial charge < -0.3 is 9.84 Å². The largest absolute Gasteiger partial charge is 0.360 e. The Balaban J connectivity index is 2.10. The molecule has 0 saturated heterocycles. The first-order valence-corrected chi connectivity index (χ1v) is 6.45. The van der Waals surface area contributed by atoms with Gasteiger partial charge in [0.25, 0.3) is 0 Å². The molecule has 18 heavy (non-hydrogen) atoms. The van der Waals surface area contributed by atoms with Gasteiger partial charge in [-0.2, -0.15) is 4.98 Å². The van der Waals surface area contributed by atoms with E-state index in [4.69, 9.17) is 16.1 Å². The zero-order valence-electron chi connectivity index (χ0n) is 9.69. The highest BCUT2D eigenvalue weighted by atomic mass is 35.5. The van der Waals surface area contributed by atoms with Crippen molar-refractivity contribution in [3.8, 4) is 0 Å². The first-order chi connectivity index (χ1) is 8.61. The van der Waals surface area contributed by atoms with Gasteiger partial charge in [-0.25, -0.2) is 4.98 Å². The van der Waals surface area contributed by atoms with Gasteiger partial charge in [0.05, 0.1) is 5.39 Å². The second-order valence-electron chi connectivity index (χ2n) is 3.86. The van der Waals surface area contributed by atoms with E-state index in [-0.39, 0.29) is 5.28 Å². The molecule has 3 heterocycles. The van der Waals surface area contributed by atoms with E-state index in [0.717, 1.165) is 20.9 Å². The van der Waals surface area contributed by atoms with Crippen molar-refractivity contribution < 1.29 is 4.52 Å². The summed E-state index contributed by atoms with van der Waals surface area (Å²) >= 11 is 7.48. The molecule has 0 fully saturated rings. The van der Waals surface area contributed by atoms with Gasteiger partial charge in [0.15, 0.2) is 5.82 Å². The highest BCUT2D eigenvalue weighted by Gasteiger charge is 2.11. The Morgan fingerprint density at radius 2 is 2.11 bits per heavy atom. The molecule has 0 spiro atoms. The molecule has 0 atom stereocenters. The Morgan fingerprint density at radius 3 is 2.83 bits per heavy atom. The molecule has 0 unspecified atom stereocenters. The predicted octanol–water partition coefficient (Wildman–Crippen LogP) is 3.69. The summed E-state index contributed by atoms with van der Waals surface area (Å²) in [6.45, 7) is 3.85. The van der Waals surface area contributed by atoms with Gasteiger partial charge in [0, 0.05) is 10.9 Å². The summed E-state index contributed by atoms with van der Waals surface area (Å²) in [4.78, 5) is 10.4. The molecule has 3 aromatic heterocycles. The second kappa shape index (κ2) is 4.22. The minimum Gasteiger partial charge on any atom is -0.360 e. The maximum absolute atomic E-state index is 5.91. The van der Waals surface area contributed by atoms with Crippen molar-refractivity contribution in [1.82, 2.24) is 15.1 Å². The van der Waals surface area contributed by atoms with E-state index < -0.39 is 0 Å². The van der Waals surface area contributed by atoms with Crippen LogP contribution in [0.25, 0.3) is 10.2 Å². The molecule has 1 N–H and O–H groups in total. The fourth-order valence-corrected chi connectivity index (χ4v) is 2.76. The van der Waals surface area contributed by atoms with Crippen LogP contribution in [0.3, 0.4) is 0 Å². The van der Waals surface area contributed by atoms with E-state index in [1.807, 2.05) is 19.9 Å². The van der Waals surface area contributed by atoms with Crippen LogP contribution in [0.1, 0.15) is 10.6 Å². The smallest absolute Gasteiger partial charge is 0.225 e. The Labute approximate surface area is 112 Å². The summed E-state index contributed by atoms with van der Waals surface area (Å²) < 4.78 is 5.00. The molecule has 0 saturated carbocycles. The van der Waals surface area contributed by atoms with E-state index >= 15 is 0 Å². The zero-order valence-corrected chi connectivity index (χ0v) is 11.3. The standard InChI is InChI=1S/C11H9ClN4OS/c1-5-3-8(16-17-5)13-9-7-4-6(2)18-10(7)15-11(12)14-9/h3-4H,1-2H3,(H,13,14,15,16). The van der Waals surface area contributed by atoms with Crippen molar-refractivity contribution in [3.05, 3.63) is 28.1 Å². The highest BCUT2D eigenvalue weighted by molar-refractivity contribution is 7.18. The van der Waals surface area contributed by atoms with Crippen molar-refractivity contribution in [2.45, 2.75) is 13.8 Å². The summed E-state index contributed by atoms with van der Waals surface area (Å²) in [6, 6.07) is 3.81. The Bertz CT molecular complexity index is 721. The van der Waals surface area contributed by atoms with Crippen LogP contribution in [0.15, 0.2) is 16.7 Å². The monoisotopic (exact) mass is 280 g/mol. The van der Waals surface area contributed by atoms with Gasteiger partial charge in [0.1, 0.15) is 16.4 Å². The maximum atomic E-state index is 5.91. The number of anilines is 2. The van der Waals surface area contributed by atoms with E-state index in [2.05, 4.69) is 20.4 Å². The first-order valence-electron chi connectivity index (χ1n) is 5.26. The number of fused-ring (bicyclic) bond motifs is 1. The lowest BCUT2D eigenvalue weighted by molar-refractivity contribution is 0.400. The minimum absolute atomic E-state index is 0.215. The molecule has 0 amide bonds. The normalized spacial score (nSPS) is 11.1. The molecule has 3 aromatic rings. The van der Waals surface area contributed by atoms with Crippen molar-refractivity contribution in [2.24, 2.45) is 0 Å². The lowest BCUT2D eigenvalue weighted by atomic mass is 10.3. The summed E-state index contributed by atoms with van der Waals surface area (Å²) in [6.07, 6.45) is 0. The SMILES string of the molecule is Cc1cc(Nc2nc(Cl)nc3sc(C)cc23)no1. The molecule has 0 radical (unpaired) electrons. The molecule has 5 nitrogen and oxygen atoms in total. The highest BCUT2D eigenvalue weighted by Crippen LogP contribution is 2.30. The van der Waals surface area contributed by atoms with Crippen molar-refractivity contribution in [1.29, 1.82) is 0 Å². The summed E-state index contributed by atoms with van der Waals surface area (Å²) in [5.74, 6) is 1.98. The van der Waals surface area contributed by atoms with E-state index in [0.29, 0.717) is 11.6 Å². The van der Waals surface area contributed by atoms with Crippen LogP contribution in [0, 0.1) is 13.8 Å². The minimum atomic E-state index is 0.215. The number of halogens is 1. The number of rotatable bonds is 2. The van der Waals surface area contributed by atoms with Gasteiger partial charge >= 0.3 is 0 Å². The van der Waals surface area contributed by atoms with Crippen molar-refractivity contribution in [3.63, 3.8) is 0 Å². The topological polar surface area (TPSA) is 63.8 Å². The lowest BCUT2D eigenvalue weighted by Crippen LogP contribution is -1.95. The van der Waals surface area contributed by atoms with Crippen molar-refractivity contribution in [2.75, 3.05) is 5.32 Å². The average Bonchev–Trinajstić information content (AvgIpc) is 2.84. The van der Waals surface area contributed by atoms with E-state index in [1.54, 1.807) is 17.4 Å². The number of thiophene rings is 1. The van der Waals surface area contributed by atoms with Gasteiger partial charge in [0.2, 0.25) is 5.28 Å². The molecule has 3 rings (SSSR count). The first kappa shape index (κ1) is 11.4. The molecule has 0 aromatic carbocycles. The molecule has 92 valence electrons. The number of aromatic nitrogens is 3. The van der Waals surface area contributed by atoms with Crippen LogP contribution in [0.5, 0.6) is 0 Å². The number of hydrogen-bond donors (Lipinski definition) is 1. The third-order valence-corrected chi connectivity index (χ3v) is 3.48. The fraction of sp³-hybridized carbons (Fsp3) is 0.182. The van der Waals surface area contributed by atoms with Crippen LogP contribution in [0.4, 0.5) is 11.6 Å². The average molecular weight is 281 g/mol. The van der Waals surface area contributed by atoms with Gasteiger partial charge in [-0.1, -0.05) is 5.16 Å². The third-order valence-electron chi connectivity index (χ3n) is 2.36. The Morgan fingerprint density at radius 1 is 1.28 bits per heavy atom. The molecule has 0 aliphatic heterocycles. The fourth-order valence-electron chi connectivity index (χ4n) is 1.66. The van der Waals surface area contributed by atoms with Crippen LogP contribution < -0.4 is 5.32 Å². The van der Waals surface area contributed by atoms with Gasteiger partial charge in [-0.15, -0.1) is 11.3 Å². The number of aryl methyl sites for hydroxylation is 2. The summed E-state index contributed by atoms with van der Waals surface area (Å²) in [5, 5.41) is 8.10. The van der Waals surface area contributed by atoms with Crippen LogP contribution >= 0.6 is 22.9 Å². The van der Waals surface area contributed by atoms with Crippen LogP contribution in [-0.2, 0) is 0 Å². The van der Waals surface area contributed by atoms with Crippen LogP contribution in [0.2, 0.25) is 5.28 Å². The Kier molecular flexibility index (Phi) is 2.68. The summed E-state index contributed by atoms with van der Waals surface area (Å²) in [7, 11) is 0. The zero-order chi connectivity index (χ0) is 12.7. The molecule has 0 aliphatic carbocycles. The summed E-state index contributed by atoms with van der Waals surface area (Å²) in [5.41, 5.74) is 0. The van der Waals surface area contributed by atoms with E-state index in [9.17, 15) is 0 Å². The van der Waals surface area contributed by atoms with Gasteiger partial charge in [-0.05, 0) is 31.5 Å². The molecule has 0 bridgehead atoms. The number of nitrogens with zero attached hydrogens (tertiary/aromatic N) is 3. The third kappa shape index (κ3) is 2.04. The van der Waals surface area contributed by atoms with Gasteiger partial charge in [-0.3, -0.25) is 0 Å². The maximum Gasteiger partial charge on any atom is 0.225 e. The molecule has 7 heteroatoms. The lowest BCUT2D eigenvalue weighted by Gasteiger charge is -2.02. The quantitative estimate of drug-likeness (QED) is 0.725. The second-order valence-corrected chi connectivity index (χ2v) is 5.44. The van der Waals surface area contributed by atoms with Crippen LogP contribution in [-0.4, -0.2) is 15.1 Å². The molecule has 0 aliphatic rings. The molecular formula is C11H9ClN4OS. The van der Waals surface area contributed by atoms with Crippen molar-refractivity contribution >= 4 is 44.8 Å². The van der Waals surface area contributed by atoms with E-state index in [1.165, 1.54) is 0 Å². The predicted molar refractivity (Wildman–Crippen MR) is 71.7 cm³/mol.